The first-order chi connectivity index (χ1) is 9.88. The molecule has 4 bridgehead atoms. The molecule has 4 fully saturated rings. The van der Waals surface area contributed by atoms with Crippen molar-refractivity contribution in [2.45, 2.75) is 70.5 Å². The minimum absolute atomic E-state index is 0.107. The number of ether oxygens (including phenoxy) is 1. The predicted molar refractivity (Wildman–Crippen MR) is 80.8 cm³/mol. The Hall–Kier alpha value is -0.120. The zero-order chi connectivity index (χ0) is 15.1. The summed E-state index contributed by atoms with van der Waals surface area (Å²) in [6, 6.07) is 0. The molecule has 4 aliphatic rings. The van der Waals surface area contributed by atoms with Crippen molar-refractivity contribution < 1.29 is 14.9 Å². The van der Waals surface area contributed by atoms with Gasteiger partial charge >= 0.3 is 0 Å². The molecule has 3 nitrogen and oxygen atoms in total. The van der Waals surface area contributed by atoms with E-state index in [1.54, 1.807) is 7.11 Å². The van der Waals surface area contributed by atoms with Crippen LogP contribution < -0.4 is 0 Å². The molecular formula is C18H30O3. The van der Waals surface area contributed by atoms with Crippen LogP contribution in [0.5, 0.6) is 0 Å². The number of rotatable bonds is 2. The van der Waals surface area contributed by atoms with E-state index in [4.69, 9.17) is 4.74 Å². The van der Waals surface area contributed by atoms with Crippen LogP contribution >= 0.6 is 0 Å². The Morgan fingerprint density at radius 3 is 2.48 bits per heavy atom. The van der Waals surface area contributed by atoms with Crippen LogP contribution in [0.4, 0.5) is 0 Å². The number of methoxy groups -OCH3 is 1. The topological polar surface area (TPSA) is 49.7 Å². The third-order valence-corrected chi connectivity index (χ3v) is 8.81. The van der Waals surface area contributed by atoms with Gasteiger partial charge in [-0.05, 0) is 49.4 Å². The molecule has 0 unspecified atom stereocenters. The average molecular weight is 294 g/mol. The number of aliphatic hydroxyl groups excluding tert-OH is 1. The molecule has 0 saturated heterocycles. The molecular weight excluding hydrogens is 264 g/mol. The van der Waals surface area contributed by atoms with Crippen LogP contribution in [0.3, 0.4) is 0 Å². The van der Waals surface area contributed by atoms with Crippen LogP contribution in [0.15, 0.2) is 0 Å². The Labute approximate surface area is 128 Å². The zero-order valence-electron chi connectivity index (χ0n) is 13.7. The molecule has 0 heterocycles. The SMILES string of the molecule is COC[C@@]1(O)[C@]2(CCC[C@H]2O)[C@@H]2C[C@H]3CCC[C@]2(C)[C@]31C. The number of fused-ring (bicyclic) bond motifs is 1. The van der Waals surface area contributed by atoms with Crippen molar-refractivity contribution in [2.75, 3.05) is 13.7 Å². The van der Waals surface area contributed by atoms with Crippen LogP contribution in [0.2, 0.25) is 0 Å². The normalized spacial score (nSPS) is 61.9. The molecule has 0 radical (unpaired) electrons. The van der Waals surface area contributed by atoms with Gasteiger partial charge in [-0.25, -0.2) is 0 Å². The summed E-state index contributed by atoms with van der Waals surface area (Å²) in [6.45, 7) is 5.09. The zero-order valence-corrected chi connectivity index (χ0v) is 13.7. The third kappa shape index (κ3) is 1.20. The highest BCUT2D eigenvalue weighted by molar-refractivity contribution is 5.33. The van der Waals surface area contributed by atoms with E-state index in [0.29, 0.717) is 18.4 Å². The number of hydrogen-bond acceptors (Lipinski definition) is 3. The van der Waals surface area contributed by atoms with Gasteiger partial charge in [0.25, 0.3) is 0 Å². The van der Waals surface area contributed by atoms with E-state index in [0.717, 1.165) is 19.3 Å². The highest BCUT2D eigenvalue weighted by Crippen LogP contribution is 2.84. The maximum absolute atomic E-state index is 11.9. The second-order valence-corrected chi connectivity index (χ2v) is 8.74. The summed E-state index contributed by atoms with van der Waals surface area (Å²) in [7, 11) is 1.69. The first-order valence-corrected chi connectivity index (χ1v) is 8.78. The smallest absolute Gasteiger partial charge is 0.102 e. The second-order valence-electron chi connectivity index (χ2n) is 8.74. The van der Waals surface area contributed by atoms with Crippen LogP contribution in [-0.2, 0) is 4.74 Å². The Morgan fingerprint density at radius 1 is 1.14 bits per heavy atom. The van der Waals surface area contributed by atoms with Gasteiger partial charge in [0.2, 0.25) is 0 Å². The van der Waals surface area contributed by atoms with Gasteiger partial charge in [-0.3, -0.25) is 0 Å². The van der Waals surface area contributed by atoms with E-state index in [-0.39, 0.29) is 22.3 Å². The fourth-order valence-corrected chi connectivity index (χ4v) is 7.92. The number of aliphatic hydroxyl groups is 2. The lowest BCUT2D eigenvalue weighted by Gasteiger charge is -2.58. The Kier molecular flexibility index (Phi) is 2.78. The molecule has 120 valence electrons. The molecule has 4 saturated carbocycles. The third-order valence-electron chi connectivity index (χ3n) is 8.81. The van der Waals surface area contributed by atoms with E-state index in [9.17, 15) is 10.2 Å². The summed E-state index contributed by atoms with van der Waals surface area (Å²) in [4.78, 5) is 0. The lowest BCUT2D eigenvalue weighted by Crippen LogP contribution is -2.65. The summed E-state index contributed by atoms with van der Waals surface area (Å²) < 4.78 is 5.53. The predicted octanol–water partition coefficient (Wildman–Crippen LogP) is 2.74. The van der Waals surface area contributed by atoms with E-state index < -0.39 is 5.60 Å². The summed E-state index contributed by atoms with van der Waals surface area (Å²) in [5.41, 5.74) is -1.14. The lowest BCUT2D eigenvalue weighted by molar-refractivity contribution is -0.234. The van der Waals surface area contributed by atoms with Crippen molar-refractivity contribution in [3.05, 3.63) is 0 Å². The lowest BCUT2D eigenvalue weighted by atomic mass is 9.51. The second kappa shape index (κ2) is 4.04. The van der Waals surface area contributed by atoms with E-state index in [1.165, 1.54) is 25.7 Å². The first-order valence-electron chi connectivity index (χ1n) is 8.78. The van der Waals surface area contributed by atoms with Gasteiger partial charge in [0.1, 0.15) is 5.60 Å². The van der Waals surface area contributed by atoms with Crippen LogP contribution in [0, 0.1) is 28.1 Å². The highest BCUT2D eigenvalue weighted by Gasteiger charge is 2.85. The summed E-state index contributed by atoms with van der Waals surface area (Å²) in [5.74, 6) is 1.06. The maximum Gasteiger partial charge on any atom is 0.102 e. The van der Waals surface area contributed by atoms with E-state index in [2.05, 4.69) is 13.8 Å². The summed E-state index contributed by atoms with van der Waals surface area (Å²) in [6.07, 6.45) is 7.42. The average Bonchev–Trinajstić information content (AvgIpc) is 2.87. The van der Waals surface area contributed by atoms with Gasteiger partial charge < -0.3 is 14.9 Å². The molecule has 0 aliphatic heterocycles. The monoisotopic (exact) mass is 294 g/mol. The molecule has 0 aromatic heterocycles. The standard InChI is InChI=1S/C18H30O3/c1-15-8-4-6-12-10-13(15)17(9-5-7-14(17)19)18(20,11-21-3)16(12,15)2/h12-14,19-20H,4-11H2,1-3H3/t12-,13-,14-,15+,16+,17-,18+/m1/s1. The van der Waals surface area contributed by atoms with Gasteiger partial charge in [0, 0.05) is 17.9 Å². The molecule has 0 aromatic carbocycles. The largest absolute Gasteiger partial charge is 0.392 e. The molecule has 7 atom stereocenters. The van der Waals surface area contributed by atoms with Crippen LogP contribution in [-0.4, -0.2) is 35.6 Å². The molecule has 4 aliphatic carbocycles. The quantitative estimate of drug-likeness (QED) is 0.823. The van der Waals surface area contributed by atoms with Crippen molar-refractivity contribution in [2.24, 2.45) is 28.1 Å². The Bertz CT molecular complexity index is 465. The van der Waals surface area contributed by atoms with Gasteiger partial charge in [-0.1, -0.05) is 26.7 Å². The van der Waals surface area contributed by atoms with Crippen molar-refractivity contribution in [3.8, 4) is 0 Å². The van der Waals surface area contributed by atoms with Crippen molar-refractivity contribution in [3.63, 3.8) is 0 Å². The van der Waals surface area contributed by atoms with E-state index in [1.807, 2.05) is 0 Å². The molecule has 2 N–H and O–H groups in total. The Morgan fingerprint density at radius 2 is 1.86 bits per heavy atom. The fraction of sp³-hybridized carbons (Fsp3) is 1.00. The van der Waals surface area contributed by atoms with Crippen molar-refractivity contribution in [1.29, 1.82) is 0 Å². The summed E-state index contributed by atoms with van der Waals surface area (Å²) >= 11 is 0. The van der Waals surface area contributed by atoms with Crippen LogP contribution in [0.1, 0.15) is 58.8 Å². The highest BCUT2D eigenvalue weighted by atomic mass is 16.5. The van der Waals surface area contributed by atoms with Crippen molar-refractivity contribution >= 4 is 0 Å². The van der Waals surface area contributed by atoms with Gasteiger partial charge in [-0.2, -0.15) is 0 Å². The minimum Gasteiger partial charge on any atom is -0.392 e. The maximum atomic E-state index is 11.9. The summed E-state index contributed by atoms with van der Waals surface area (Å²) in [5, 5.41) is 22.8. The van der Waals surface area contributed by atoms with Gasteiger partial charge in [-0.15, -0.1) is 0 Å². The van der Waals surface area contributed by atoms with Crippen molar-refractivity contribution in [1.82, 2.24) is 0 Å². The molecule has 21 heavy (non-hydrogen) atoms. The van der Waals surface area contributed by atoms with Gasteiger partial charge in [0.05, 0.1) is 12.7 Å². The number of hydrogen-bond donors (Lipinski definition) is 2. The first kappa shape index (κ1) is 14.5. The molecule has 0 amide bonds. The molecule has 3 heteroatoms. The molecule has 1 spiro atoms. The van der Waals surface area contributed by atoms with E-state index >= 15 is 0 Å². The van der Waals surface area contributed by atoms with Gasteiger partial charge in [0.15, 0.2) is 0 Å². The molecule has 0 aromatic rings. The fourth-order valence-electron chi connectivity index (χ4n) is 7.92. The molecule has 4 rings (SSSR count). The Balaban J connectivity index is 1.94. The minimum atomic E-state index is -0.868. The van der Waals surface area contributed by atoms with Crippen LogP contribution in [0.25, 0.3) is 0 Å².